The lowest BCUT2D eigenvalue weighted by Crippen LogP contribution is -2.51. The van der Waals surface area contributed by atoms with Crippen molar-refractivity contribution in [3.63, 3.8) is 0 Å². The average Bonchev–Trinajstić information content (AvgIpc) is 3.21. The van der Waals surface area contributed by atoms with Gasteiger partial charge in [0.1, 0.15) is 11.4 Å². The van der Waals surface area contributed by atoms with E-state index in [9.17, 15) is 9.59 Å². The number of hydrogen-bond acceptors (Lipinski definition) is 6. The fraction of sp³-hybridized carbons (Fsp3) is 0.583. The third-order valence-corrected chi connectivity index (χ3v) is 6.81. The molecule has 0 radical (unpaired) electrons. The van der Waals surface area contributed by atoms with Crippen molar-refractivity contribution in [1.82, 2.24) is 14.8 Å². The van der Waals surface area contributed by atoms with Gasteiger partial charge >= 0.3 is 5.97 Å². The van der Waals surface area contributed by atoms with Crippen LogP contribution >= 0.6 is 0 Å². The SMILES string of the molecule is COC(=O)c1[nH]c2cccc(OC)c2c1NC(=O)CCN1CCN(C2CCCCC2)CC1. The number of carbonyl (C=O) groups is 2. The highest BCUT2D eigenvalue weighted by Crippen LogP contribution is 2.35. The lowest BCUT2D eigenvalue weighted by atomic mass is 9.94. The summed E-state index contributed by atoms with van der Waals surface area (Å²) in [5, 5.41) is 3.61. The van der Waals surface area contributed by atoms with Crippen molar-refractivity contribution in [3.05, 3.63) is 23.9 Å². The molecule has 1 saturated carbocycles. The first-order chi connectivity index (χ1) is 15.6. The molecule has 1 aromatic carbocycles. The van der Waals surface area contributed by atoms with Gasteiger partial charge in [0, 0.05) is 45.2 Å². The molecule has 8 heteroatoms. The van der Waals surface area contributed by atoms with Crippen LogP contribution in [0.15, 0.2) is 18.2 Å². The summed E-state index contributed by atoms with van der Waals surface area (Å²) in [6, 6.07) is 6.23. The van der Waals surface area contributed by atoms with E-state index in [1.54, 1.807) is 13.2 Å². The van der Waals surface area contributed by atoms with Crippen molar-refractivity contribution >= 4 is 28.5 Å². The fourth-order valence-corrected chi connectivity index (χ4v) is 5.03. The molecule has 2 N–H and O–H groups in total. The second kappa shape index (κ2) is 10.4. The van der Waals surface area contributed by atoms with E-state index in [0.717, 1.165) is 32.2 Å². The predicted molar refractivity (Wildman–Crippen MR) is 124 cm³/mol. The number of fused-ring (bicyclic) bond motifs is 1. The summed E-state index contributed by atoms with van der Waals surface area (Å²) in [6.45, 7) is 4.87. The Kier molecular flexibility index (Phi) is 7.32. The van der Waals surface area contributed by atoms with Gasteiger partial charge in [-0.1, -0.05) is 25.3 Å². The van der Waals surface area contributed by atoms with Crippen LogP contribution in [0.3, 0.4) is 0 Å². The number of piperazine rings is 1. The van der Waals surface area contributed by atoms with Crippen LogP contribution in [-0.4, -0.2) is 79.6 Å². The summed E-state index contributed by atoms with van der Waals surface area (Å²) in [6.07, 6.45) is 7.13. The van der Waals surface area contributed by atoms with Gasteiger partial charge in [-0.2, -0.15) is 0 Å². The lowest BCUT2D eigenvalue weighted by Gasteiger charge is -2.40. The van der Waals surface area contributed by atoms with E-state index in [1.807, 2.05) is 12.1 Å². The number of H-pyrrole nitrogens is 1. The molecule has 8 nitrogen and oxygen atoms in total. The van der Waals surface area contributed by atoms with Crippen molar-refractivity contribution < 1.29 is 19.1 Å². The average molecular weight is 443 g/mol. The monoisotopic (exact) mass is 442 g/mol. The second-order valence-electron chi connectivity index (χ2n) is 8.72. The van der Waals surface area contributed by atoms with Gasteiger partial charge in [0.25, 0.3) is 0 Å². The predicted octanol–water partition coefficient (Wildman–Crippen LogP) is 3.24. The van der Waals surface area contributed by atoms with Gasteiger partial charge in [0.05, 0.1) is 30.8 Å². The van der Waals surface area contributed by atoms with Gasteiger partial charge in [-0.3, -0.25) is 9.69 Å². The van der Waals surface area contributed by atoms with Crippen molar-refractivity contribution in [2.45, 2.75) is 44.6 Å². The molecule has 174 valence electrons. The molecule has 1 aromatic heterocycles. The zero-order chi connectivity index (χ0) is 22.5. The lowest BCUT2D eigenvalue weighted by molar-refractivity contribution is -0.116. The van der Waals surface area contributed by atoms with E-state index in [-0.39, 0.29) is 11.6 Å². The molecule has 1 saturated heterocycles. The molecule has 2 heterocycles. The number of aromatic nitrogens is 1. The molecule has 0 spiro atoms. The highest BCUT2D eigenvalue weighted by Gasteiger charge is 2.26. The summed E-state index contributed by atoms with van der Waals surface area (Å²) in [7, 11) is 2.89. The van der Waals surface area contributed by atoms with Gasteiger partial charge in [0.15, 0.2) is 0 Å². The summed E-state index contributed by atoms with van der Waals surface area (Å²) in [4.78, 5) is 33.2. The Morgan fingerprint density at radius 1 is 1.09 bits per heavy atom. The Balaban J connectivity index is 1.36. The topological polar surface area (TPSA) is 86.9 Å². The molecule has 0 atom stereocenters. The molecule has 2 fully saturated rings. The highest BCUT2D eigenvalue weighted by atomic mass is 16.5. The number of hydrogen-bond donors (Lipinski definition) is 2. The number of rotatable bonds is 7. The number of esters is 1. The van der Waals surface area contributed by atoms with Gasteiger partial charge in [-0.25, -0.2) is 4.79 Å². The van der Waals surface area contributed by atoms with Crippen LogP contribution in [-0.2, 0) is 9.53 Å². The van der Waals surface area contributed by atoms with Crippen molar-refractivity contribution in [1.29, 1.82) is 0 Å². The van der Waals surface area contributed by atoms with Gasteiger partial charge in [-0.05, 0) is 25.0 Å². The molecule has 2 aliphatic rings. The van der Waals surface area contributed by atoms with Crippen molar-refractivity contribution in [2.75, 3.05) is 52.3 Å². The minimum Gasteiger partial charge on any atom is -0.496 e. The van der Waals surface area contributed by atoms with E-state index >= 15 is 0 Å². The zero-order valence-electron chi connectivity index (χ0n) is 19.1. The molecule has 32 heavy (non-hydrogen) atoms. The van der Waals surface area contributed by atoms with Crippen LogP contribution in [0.1, 0.15) is 49.0 Å². The minimum atomic E-state index is -0.530. The van der Waals surface area contributed by atoms with E-state index < -0.39 is 5.97 Å². The Hall–Kier alpha value is -2.58. The number of benzene rings is 1. The second-order valence-corrected chi connectivity index (χ2v) is 8.72. The van der Waals surface area contributed by atoms with Crippen molar-refractivity contribution in [3.8, 4) is 5.75 Å². The molecule has 1 aliphatic heterocycles. The maximum atomic E-state index is 12.8. The Morgan fingerprint density at radius 3 is 2.53 bits per heavy atom. The Labute approximate surface area is 189 Å². The Morgan fingerprint density at radius 2 is 1.84 bits per heavy atom. The first kappa shape index (κ1) is 22.6. The largest absolute Gasteiger partial charge is 0.496 e. The van der Waals surface area contributed by atoms with E-state index in [1.165, 1.54) is 39.2 Å². The molecule has 2 aromatic rings. The van der Waals surface area contributed by atoms with Crippen LogP contribution in [0.5, 0.6) is 5.75 Å². The van der Waals surface area contributed by atoms with Crippen LogP contribution in [0.4, 0.5) is 5.69 Å². The maximum absolute atomic E-state index is 12.8. The van der Waals surface area contributed by atoms with E-state index in [0.29, 0.717) is 35.3 Å². The van der Waals surface area contributed by atoms with Gasteiger partial charge < -0.3 is 24.7 Å². The fourth-order valence-electron chi connectivity index (χ4n) is 5.03. The van der Waals surface area contributed by atoms with Crippen molar-refractivity contribution in [2.24, 2.45) is 0 Å². The van der Waals surface area contributed by atoms with Crippen LogP contribution in [0.2, 0.25) is 0 Å². The maximum Gasteiger partial charge on any atom is 0.356 e. The number of nitrogens with one attached hydrogen (secondary N) is 2. The summed E-state index contributed by atoms with van der Waals surface area (Å²) >= 11 is 0. The van der Waals surface area contributed by atoms with E-state index in [2.05, 4.69) is 20.1 Å². The number of amides is 1. The summed E-state index contributed by atoms with van der Waals surface area (Å²) < 4.78 is 10.4. The molecule has 0 unspecified atom stereocenters. The number of ether oxygens (including phenoxy) is 2. The van der Waals surface area contributed by atoms with Crippen LogP contribution in [0.25, 0.3) is 10.9 Å². The number of carbonyl (C=O) groups excluding carboxylic acids is 2. The third kappa shape index (κ3) is 4.91. The van der Waals surface area contributed by atoms with Crippen LogP contribution in [0, 0.1) is 0 Å². The molecular formula is C24H34N4O4. The van der Waals surface area contributed by atoms with Gasteiger partial charge in [-0.15, -0.1) is 0 Å². The smallest absolute Gasteiger partial charge is 0.356 e. The minimum absolute atomic E-state index is 0.128. The molecule has 1 aliphatic carbocycles. The molecule has 1 amide bonds. The molecule has 4 rings (SSSR count). The normalized spacial score (nSPS) is 18.6. The number of methoxy groups -OCH3 is 2. The molecule has 0 bridgehead atoms. The highest BCUT2D eigenvalue weighted by molar-refractivity contribution is 6.12. The number of anilines is 1. The molecular weight excluding hydrogens is 408 g/mol. The first-order valence-electron chi connectivity index (χ1n) is 11.6. The third-order valence-electron chi connectivity index (χ3n) is 6.81. The zero-order valence-corrected chi connectivity index (χ0v) is 19.1. The first-order valence-corrected chi connectivity index (χ1v) is 11.6. The summed E-state index contributed by atoms with van der Waals surface area (Å²) in [5.41, 5.74) is 1.34. The number of nitrogens with zero attached hydrogens (tertiary/aromatic N) is 2. The standard InChI is InChI=1S/C24H34N4O4/c1-31-19-10-6-9-18-21(19)22(23(25-18)24(30)32-2)26-20(29)11-12-27-13-15-28(16-14-27)17-7-4-3-5-8-17/h6,9-10,17,25H,3-5,7-8,11-16H2,1-2H3,(H,26,29). The van der Waals surface area contributed by atoms with Crippen LogP contribution < -0.4 is 10.1 Å². The quantitative estimate of drug-likeness (QED) is 0.640. The number of aromatic amines is 1. The van der Waals surface area contributed by atoms with E-state index in [4.69, 9.17) is 9.47 Å². The Bertz CT molecular complexity index is 943. The summed E-state index contributed by atoms with van der Waals surface area (Å²) in [5.74, 6) is -0.0721. The van der Waals surface area contributed by atoms with Gasteiger partial charge in [0.2, 0.25) is 5.91 Å².